The molecule has 0 aromatic carbocycles. The van der Waals surface area contributed by atoms with Crippen LogP contribution < -0.4 is 5.32 Å². The number of carbonyl (C=O) groups excluding carboxylic acids is 1. The molecule has 1 saturated heterocycles. The number of nitrogens with zero attached hydrogens (tertiary/aromatic N) is 3. The number of hydrogen-bond acceptors (Lipinski definition) is 4. The number of amides is 2. The molecule has 3 aliphatic rings. The highest BCUT2D eigenvalue weighted by molar-refractivity contribution is 7.11. The highest BCUT2D eigenvalue weighted by Gasteiger charge is 2.27. The Morgan fingerprint density at radius 3 is 2.67 bits per heavy atom. The van der Waals surface area contributed by atoms with E-state index in [1.54, 1.807) is 7.05 Å². The van der Waals surface area contributed by atoms with Crippen LogP contribution in [0.5, 0.6) is 0 Å². The first-order chi connectivity index (χ1) is 11.7. The van der Waals surface area contributed by atoms with Crippen molar-refractivity contribution in [3.63, 3.8) is 0 Å². The number of likely N-dealkylation sites (tertiary alicyclic amines) is 1. The Hall–Kier alpha value is -1.82. The van der Waals surface area contributed by atoms with Crippen molar-refractivity contribution < 1.29 is 4.79 Å². The maximum absolute atomic E-state index is 11.7. The topological polar surface area (TPSA) is 48.5 Å². The van der Waals surface area contributed by atoms with Gasteiger partial charge in [-0.3, -0.25) is 0 Å². The smallest absolute Gasteiger partial charge is 0.317 e. The van der Waals surface area contributed by atoms with Crippen molar-refractivity contribution in [2.75, 3.05) is 33.2 Å². The van der Waals surface area contributed by atoms with Crippen LogP contribution in [0.15, 0.2) is 23.9 Å². The van der Waals surface area contributed by atoms with Crippen molar-refractivity contribution in [2.24, 2.45) is 0 Å². The summed E-state index contributed by atoms with van der Waals surface area (Å²) in [4.78, 5) is 22.6. The van der Waals surface area contributed by atoms with E-state index in [0.29, 0.717) is 5.92 Å². The van der Waals surface area contributed by atoms with Gasteiger partial charge >= 0.3 is 6.03 Å². The lowest BCUT2D eigenvalue weighted by Gasteiger charge is -2.30. The van der Waals surface area contributed by atoms with Gasteiger partial charge in [-0.2, -0.15) is 0 Å². The highest BCUT2D eigenvalue weighted by Crippen LogP contribution is 2.34. The minimum Gasteiger partial charge on any atom is -0.371 e. The van der Waals surface area contributed by atoms with E-state index in [4.69, 9.17) is 4.98 Å². The zero-order valence-electron chi connectivity index (χ0n) is 14.1. The molecule has 1 fully saturated rings. The van der Waals surface area contributed by atoms with Gasteiger partial charge in [0.2, 0.25) is 0 Å². The lowest BCUT2D eigenvalue weighted by atomic mass is 9.98. The number of carbonyl (C=O) groups is 1. The molecule has 0 atom stereocenters. The van der Waals surface area contributed by atoms with Gasteiger partial charge in [0, 0.05) is 62.6 Å². The number of piperidine rings is 1. The molecule has 0 radical (unpaired) electrons. The van der Waals surface area contributed by atoms with Crippen LogP contribution in [-0.2, 0) is 12.8 Å². The maximum atomic E-state index is 11.7. The van der Waals surface area contributed by atoms with Crippen molar-refractivity contribution in [1.82, 2.24) is 20.1 Å². The average molecular weight is 344 g/mol. The number of allylic oxidation sites excluding steroid dienone is 3. The fraction of sp³-hybridized carbons (Fsp3) is 0.556. The molecule has 1 aromatic rings. The molecular weight excluding hydrogens is 320 g/mol. The van der Waals surface area contributed by atoms with Crippen molar-refractivity contribution in [2.45, 2.75) is 31.6 Å². The van der Waals surface area contributed by atoms with Gasteiger partial charge in [0.05, 0.1) is 10.7 Å². The van der Waals surface area contributed by atoms with Gasteiger partial charge in [0.25, 0.3) is 0 Å². The Morgan fingerprint density at radius 2 is 2.00 bits per heavy atom. The molecule has 4 rings (SSSR count). The van der Waals surface area contributed by atoms with Crippen LogP contribution >= 0.6 is 11.3 Å². The van der Waals surface area contributed by atoms with Crippen molar-refractivity contribution in [3.05, 3.63) is 39.5 Å². The summed E-state index contributed by atoms with van der Waals surface area (Å²) in [6.45, 7) is 3.84. The average Bonchev–Trinajstić information content (AvgIpc) is 2.89. The van der Waals surface area contributed by atoms with E-state index < -0.39 is 0 Å². The minimum atomic E-state index is 0.0443. The van der Waals surface area contributed by atoms with Gasteiger partial charge in [-0.1, -0.05) is 6.08 Å². The predicted molar refractivity (Wildman–Crippen MR) is 96.3 cm³/mol. The summed E-state index contributed by atoms with van der Waals surface area (Å²) < 4.78 is 0. The number of aromatic nitrogens is 1. The quantitative estimate of drug-likeness (QED) is 0.897. The lowest BCUT2D eigenvalue weighted by Crippen LogP contribution is -2.42. The zero-order chi connectivity index (χ0) is 16.5. The van der Waals surface area contributed by atoms with Gasteiger partial charge in [-0.25, -0.2) is 9.78 Å². The van der Waals surface area contributed by atoms with Gasteiger partial charge in [0.15, 0.2) is 0 Å². The summed E-state index contributed by atoms with van der Waals surface area (Å²) in [6.07, 6.45) is 10.7. The second-order valence-corrected chi connectivity index (χ2v) is 7.79. The molecule has 1 N–H and O–H groups in total. The van der Waals surface area contributed by atoms with Gasteiger partial charge in [-0.15, -0.1) is 11.3 Å². The molecule has 0 bridgehead atoms. The van der Waals surface area contributed by atoms with Crippen LogP contribution in [0.1, 0.15) is 34.3 Å². The van der Waals surface area contributed by atoms with E-state index in [2.05, 4.69) is 28.4 Å². The Bertz CT molecular complexity index is 660. The summed E-state index contributed by atoms with van der Waals surface area (Å²) in [7, 11) is 1.70. The lowest BCUT2D eigenvalue weighted by molar-refractivity contribution is 0.183. The molecule has 24 heavy (non-hydrogen) atoms. The van der Waals surface area contributed by atoms with Crippen molar-refractivity contribution in [3.8, 4) is 0 Å². The molecule has 2 amide bonds. The molecule has 0 unspecified atom stereocenters. The van der Waals surface area contributed by atoms with Gasteiger partial charge in [0.1, 0.15) is 0 Å². The van der Waals surface area contributed by atoms with E-state index >= 15 is 0 Å². The third-order valence-electron chi connectivity index (χ3n) is 5.27. The number of fused-ring (bicyclic) bond motifs is 1. The van der Waals surface area contributed by atoms with E-state index in [-0.39, 0.29) is 6.03 Å². The number of rotatable bonds is 2. The Labute approximate surface area is 147 Å². The van der Waals surface area contributed by atoms with Crippen LogP contribution in [0.25, 0.3) is 0 Å². The van der Waals surface area contributed by atoms with Crippen molar-refractivity contribution in [1.29, 1.82) is 0 Å². The molecule has 128 valence electrons. The number of nitrogens with one attached hydrogen (secondary N) is 1. The molecular formula is C18H24N4OS. The van der Waals surface area contributed by atoms with Crippen LogP contribution in [0, 0.1) is 0 Å². The number of thiazole rings is 1. The standard InChI is InChI=1S/C18H24N4OS/c1-19-18(23)22-9-5-13(6-10-22)17-20-15-7-11-21(14-3-2-4-14)12-8-16(15)24-17/h2-4,13H,5-12H2,1H3,(H,19,23). The monoisotopic (exact) mass is 344 g/mol. The molecule has 1 aliphatic carbocycles. The third kappa shape index (κ3) is 2.95. The van der Waals surface area contributed by atoms with Crippen molar-refractivity contribution >= 4 is 17.4 Å². The predicted octanol–water partition coefficient (Wildman–Crippen LogP) is 2.52. The summed E-state index contributed by atoms with van der Waals surface area (Å²) in [6, 6.07) is 0.0443. The first-order valence-corrected chi connectivity index (χ1v) is 9.64. The van der Waals surface area contributed by atoms with Gasteiger partial charge < -0.3 is 15.1 Å². The van der Waals surface area contributed by atoms with E-state index in [1.807, 2.05) is 16.2 Å². The fourth-order valence-electron chi connectivity index (χ4n) is 3.70. The fourth-order valence-corrected chi connectivity index (χ4v) is 4.97. The third-order valence-corrected chi connectivity index (χ3v) is 6.59. The van der Waals surface area contributed by atoms with E-state index in [9.17, 15) is 4.79 Å². The van der Waals surface area contributed by atoms with Crippen LogP contribution in [0.2, 0.25) is 0 Å². The zero-order valence-corrected chi connectivity index (χ0v) is 14.9. The Morgan fingerprint density at radius 1 is 1.25 bits per heavy atom. The molecule has 2 aliphatic heterocycles. The normalized spacial score (nSPS) is 21.0. The maximum Gasteiger partial charge on any atom is 0.317 e. The molecule has 1 aromatic heterocycles. The van der Waals surface area contributed by atoms with Crippen LogP contribution in [0.3, 0.4) is 0 Å². The molecule has 0 saturated carbocycles. The molecule has 6 heteroatoms. The Balaban J connectivity index is 1.38. The summed E-state index contributed by atoms with van der Waals surface area (Å²) in [5, 5.41) is 4.02. The summed E-state index contributed by atoms with van der Waals surface area (Å²) >= 11 is 1.92. The van der Waals surface area contributed by atoms with E-state index in [0.717, 1.165) is 51.9 Å². The molecule has 3 heterocycles. The highest BCUT2D eigenvalue weighted by atomic mass is 32.1. The number of hydrogen-bond donors (Lipinski definition) is 1. The SMILES string of the molecule is CNC(=O)N1CCC(c2nc3c(s2)CCN(C2=CC=C2)CC3)CC1. The minimum absolute atomic E-state index is 0.0443. The van der Waals surface area contributed by atoms with E-state index in [1.165, 1.54) is 21.3 Å². The van der Waals surface area contributed by atoms with Gasteiger partial charge in [-0.05, 0) is 25.0 Å². The molecule has 0 spiro atoms. The second kappa shape index (κ2) is 6.59. The first-order valence-electron chi connectivity index (χ1n) is 8.83. The summed E-state index contributed by atoms with van der Waals surface area (Å²) in [5.74, 6) is 0.524. The van der Waals surface area contributed by atoms with Crippen LogP contribution in [-0.4, -0.2) is 54.0 Å². The molecule has 5 nitrogen and oxygen atoms in total. The summed E-state index contributed by atoms with van der Waals surface area (Å²) in [5.41, 5.74) is 2.68. The Kier molecular flexibility index (Phi) is 4.31. The largest absolute Gasteiger partial charge is 0.371 e. The number of urea groups is 1. The first kappa shape index (κ1) is 15.7. The second-order valence-electron chi connectivity index (χ2n) is 6.68. The van der Waals surface area contributed by atoms with Crippen LogP contribution in [0.4, 0.5) is 4.79 Å².